The van der Waals surface area contributed by atoms with E-state index in [1.165, 1.54) is 6.92 Å². The maximum Gasteiger partial charge on any atom is 0.382 e. The second-order valence-corrected chi connectivity index (χ2v) is 1.88. The molecule has 0 atom stereocenters. The van der Waals surface area contributed by atoms with Crippen LogP contribution >= 0.6 is 0 Å². The molecule has 4 nitrogen and oxygen atoms in total. The van der Waals surface area contributed by atoms with Gasteiger partial charge in [0.2, 0.25) is 5.75 Å². The Morgan fingerprint density at radius 1 is 1.50 bits per heavy atom. The molecule has 54 valence electrons. The Morgan fingerprint density at radius 3 is 2.60 bits per heavy atom. The quantitative estimate of drug-likeness (QED) is 0.548. The number of hydrogen-bond acceptors (Lipinski definition) is 4. The van der Waals surface area contributed by atoms with E-state index in [1.54, 1.807) is 0 Å². The third-order valence-corrected chi connectivity index (χ3v) is 1.03. The molecule has 0 aromatic carbocycles. The summed E-state index contributed by atoms with van der Waals surface area (Å²) < 4.78 is 4.42. The average Bonchev–Trinajstić information content (AvgIpc) is 1.82. The van der Waals surface area contributed by atoms with Crippen molar-refractivity contribution in [2.75, 3.05) is 0 Å². The molecule has 0 aliphatic carbocycles. The van der Waals surface area contributed by atoms with Crippen LogP contribution in [-0.2, 0) is 0 Å². The summed E-state index contributed by atoms with van der Waals surface area (Å²) in [6, 6.07) is 1.16. The Balaban J connectivity index is 3.46. The predicted molar refractivity (Wildman–Crippen MR) is 33.0 cm³/mol. The van der Waals surface area contributed by atoms with E-state index in [2.05, 4.69) is 4.42 Å². The highest BCUT2D eigenvalue weighted by Gasteiger charge is 2.05. The summed E-state index contributed by atoms with van der Waals surface area (Å²) in [4.78, 5) is 10.5. The highest BCUT2D eigenvalue weighted by molar-refractivity contribution is 5.33. The molecular formula is C6H6O4. The van der Waals surface area contributed by atoms with Gasteiger partial charge in [0.15, 0.2) is 5.75 Å². The minimum atomic E-state index is -0.919. The molecule has 1 aromatic heterocycles. The van der Waals surface area contributed by atoms with Crippen molar-refractivity contribution in [3.05, 3.63) is 22.2 Å². The molecule has 2 N–H and O–H groups in total. The fraction of sp³-hybridized carbons (Fsp3) is 0.167. The van der Waals surface area contributed by atoms with E-state index in [-0.39, 0.29) is 5.76 Å². The van der Waals surface area contributed by atoms with Crippen molar-refractivity contribution in [2.45, 2.75) is 6.92 Å². The molecule has 0 spiro atoms. The summed E-state index contributed by atoms with van der Waals surface area (Å²) in [6.07, 6.45) is 0. The fourth-order valence-corrected chi connectivity index (χ4v) is 0.589. The summed E-state index contributed by atoms with van der Waals surface area (Å²) in [5, 5.41) is 17.4. The van der Waals surface area contributed by atoms with Crippen LogP contribution in [0.15, 0.2) is 15.3 Å². The molecule has 0 radical (unpaired) electrons. The molecule has 4 heteroatoms. The van der Waals surface area contributed by atoms with Gasteiger partial charge in [-0.3, -0.25) is 0 Å². The minimum Gasteiger partial charge on any atom is -0.504 e. The van der Waals surface area contributed by atoms with Crippen LogP contribution in [0.4, 0.5) is 0 Å². The van der Waals surface area contributed by atoms with Crippen LogP contribution in [0.1, 0.15) is 5.76 Å². The Bertz CT molecular complexity index is 299. The lowest BCUT2D eigenvalue weighted by molar-refractivity contribution is 0.356. The number of rotatable bonds is 0. The third kappa shape index (κ3) is 0.953. The van der Waals surface area contributed by atoms with Crippen LogP contribution in [0, 0.1) is 6.92 Å². The highest BCUT2D eigenvalue weighted by atomic mass is 16.4. The van der Waals surface area contributed by atoms with E-state index in [0.717, 1.165) is 6.07 Å². The SMILES string of the molecule is Cc1cc(O)c(O)c(=O)o1. The minimum absolute atomic E-state index is 0.264. The molecule has 0 saturated heterocycles. The predicted octanol–water partition coefficient (Wildman–Crippen LogP) is 0.359. The average molecular weight is 142 g/mol. The number of hydrogen-bond donors (Lipinski definition) is 2. The van der Waals surface area contributed by atoms with Crippen LogP contribution in [0.5, 0.6) is 11.5 Å². The molecule has 1 heterocycles. The zero-order valence-electron chi connectivity index (χ0n) is 5.29. The van der Waals surface area contributed by atoms with Gasteiger partial charge < -0.3 is 14.6 Å². The topological polar surface area (TPSA) is 70.7 Å². The van der Waals surface area contributed by atoms with E-state index >= 15 is 0 Å². The fourth-order valence-electron chi connectivity index (χ4n) is 0.589. The van der Waals surface area contributed by atoms with Crippen molar-refractivity contribution >= 4 is 0 Å². The molecule has 0 saturated carbocycles. The van der Waals surface area contributed by atoms with Gasteiger partial charge in [0.25, 0.3) is 0 Å². The Morgan fingerprint density at radius 2 is 2.10 bits per heavy atom. The molecular weight excluding hydrogens is 136 g/mol. The van der Waals surface area contributed by atoms with Crippen LogP contribution in [0.2, 0.25) is 0 Å². The van der Waals surface area contributed by atoms with Crippen LogP contribution in [-0.4, -0.2) is 10.2 Å². The first kappa shape index (κ1) is 6.67. The molecule has 0 bridgehead atoms. The summed E-state index contributed by atoms with van der Waals surface area (Å²) >= 11 is 0. The Labute approximate surface area is 56.4 Å². The molecule has 10 heavy (non-hydrogen) atoms. The van der Waals surface area contributed by atoms with Gasteiger partial charge in [-0.05, 0) is 6.92 Å². The van der Waals surface area contributed by atoms with Gasteiger partial charge in [-0.2, -0.15) is 0 Å². The van der Waals surface area contributed by atoms with E-state index in [4.69, 9.17) is 10.2 Å². The van der Waals surface area contributed by atoms with Gasteiger partial charge in [-0.15, -0.1) is 0 Å². The second-order valence-electron chi connectivity index (χ2n) is 1.88. The van der Waals surface area contributed by atoms with Gasteiger partial charge in [0.1, 0.15) is 5.76 Å². The van der Waals surface area contributed by atoms with Gasteiger partial charge in [-0.1, -0.05) is 0 Å². The molecule has 0 unspecified atom stereocenters. The molecule has 0 aliphatic heterocycles. The van der Waals surface area contributed by atoms with Crippen molar-refractivity contribution in [2.24, 2.45) is 0 Å². The Kier molecular flexibility index (Phi) is 1.37. The van der Waals surface area contributed by atoms with Crippen LogP contribution < -0.4 is 5.63 Å². The van der Waals surface area contributed by atoms with E-state index in [1.807, 2.05) is 0 Å². The third-order valence-electron chi connectivity index (χ3n) is 1.03. The van der Waals surface area contributed by atoms with Crippen molar-refractivity contribution < 1.29 is 14.6 Å². The zero-order valence-corrected chi connectivity index (χ0v) is 5.29. The van der Waals surface area contributed by atoms with Crippen LogP contribution in [0.25, 0.3) is 0 Å². The van der Waals surface area contributed by atoms with Gasteiger partial charge in [0.05, 0.1) is 0 Å². The molecule has 1 rings (SSSR count). The van der Waals surface area contributed by atoms with E-state index < -0.39 is 17.1 Å². The van der Waals surface area contributed by atoms with E-state index in [0.29, 0.717) is 0 Å². The highest BCUT2D eigenvalue weighted by Crippen LogP contribution is 2.19. The molecule has 0 aliphatic rings. The largest absolute Gasteiger partial charge is 0.504 e. The maximum absolute atomic E-state index is 10.5. The summed E-state index contributed by atoms with van der Waals surface area (Å²) in [7, 11) is 0. The zero-order chi connectivity index (χ0) is 7.72. The smallest absolute Gasteiger partial charge is 0.382 e. The van der Waals surface area contributed by atoms with Gasteiger partial charge in [-0.25, -0.2) is 4.79 Å². The Hall–Kier alpha value is -1.45. The summed E-state index contributed by atoms with van der Waals surface area (Å²) in [5.74, 6) is -0.931. The second kappa shape index (κ2) is 2.06. The van der Waals surface area contributed by atoms with Crippen molar-refractivity contribution in [3.8, 4) is 11.5 Å². The first-order chi connectivity index (χ1) is 4.61. The van der Waals surface area contributed by atoms with Crippen molar-refractivity contribution in [3.63, 3.8) is 0 Å². The first-order valence-electron chi connectivity index (χ1n) is 2.64. The van der Waals surface area contributed by atoms with Crippen molar-refractivity contribution in [1.82, 2.24) is 0 Å². The van der Waals surface area contributed by atoms with Crippen molar-refractivity contribution in [1.29, 1.82) is 0 Å². The molecule has 1 aromatic rings. The lowest BCUT2D eigenvalue weighted by Gasteiger charge is -1.94. The lowest BCUT2D eigenvalue weighted by Crippen LogP contribution is -1.97. The first-order valence-corrected chi connectivity index (χ1v) is 2.64. The monoisotopic (exact) mass is 142 g/mol. The number of aromatic hydroxyl groups is 2. The van der Waals surface area contributed by atoms with Gasteiger partial charge >= 0.3 is 5.63 Å². The van der Waals surface area contributed by atoms with Crippen LogP contribution in [0.3, 0.4) is 0 Å². The summed E-state index contributed by atoms with van der Waals surface area (Å²) in [6.45, 7) is 1.50. The summed E-state index contributed by atoms with van der Waals surface area (Å²) in [5.41, 5.74) is -0.919. The molecule has 0 amide bonds. The normalized spacial score (nSPS) is 9.70. The molecule has 0 fully saturated rings. The maximum atomic E-state index is 10.5. The van der Waals surface area contributed by atoms with E-state index in [9.17, 15) is 4.79 Å². The number of aryl methyl sites for hydroxylation is 1. The van der Waals surface area contributed by atoms with Gasteiger partial charge in [0, 0.05) is 6.07 Å². The standard InChI is InChI=1S/C6H6O4/c1-3-2-4(7)5(8)6(9)10-3/h2,7-8H,1H3. The lowest BCUT2D eigenvalue weighted by atomic mass is 10.4.